The molecule has 1 N–H and O–H groups in total. The van der Waals surface area contributed by atoms with Crippen molar-refractivity contribution >= 4 is 11.9 Å². The number of carbonyl (C=O) groups excluding carboxylic acids is 2. The summed E-state index contributed by atoms with van der Waals surface area (Å²) < 4.78 is 5.08. The molecule has 1 atom stereocenters. The van der Waals surface area contributed by atoms with Crippen LogP contribution in [0.15, 0.2) is 24.3 Å². The molecule has 0 aliphatic carbocycles. The third-order valence-electron chi connectivity index (χ3n) is 4.12. The second-order valence-electron chi connectivity index (χ2n) is 8.63. The molecular formula is C22H29N3O3. The molecule has 0 radical (unpaired) electrons. The van der Waals surface area contributed by atoms with Gasteiger partial charge in [-0.1, -0.05) is 39.0 Å². The van der Waals surface area contributed by atoms with Crippen LogP contribution < -0.4 is 5.32 Å². The van der Waals surface area contributed by atoms with Crippen LogP contribution in [0.2, 0.25) is 0 Å². The van der Waals surface area contributed by atoms with Gasteiger partial charge >= 0.3 is 5.97 Å². The zero-order valence-corrected chi connectivity index (χ0v) is 17.5. The Bertz CT molecular complexity index is 780. The molecule has 6 heteroatoms. The fourth-order valence-electron chi connectivity index (χ4n) is 3.59. The van der Waals surface area contributed by atoms with Gasteiger partial charge in [0.05, 0.1) is 30.2 Å². The van der Waals surface area contributed by atoms with Gasteiger partial charge in [0.2, 0.25) is 5.91 Å². The van der Waals surface area contributed by atoms with E-state index in [0.29, 0.717) is 12.0 Å². The lowest BCUT2D eigenvalue weighted by molar-refractivity contribution is -0.124. The highest BCUT2D eigenvalue weighted by Crippen LogP contribution is 2.31. The van der Waals surface area contributed by atoms with E-state index in [1.165, 1.54) is 0 Å². The van der Waals surface area contributed by atoms with Gasteiger partial charge in [0, 0.05) is 5.54 Å². The van der Waals surface area contributed by atoms with Crippen molar-refractivity contribution in [2.24, 2.45) is 11.3 Å². The lowest BCUT2D eigenvalue weighted by atomic mass is 9.80. The summed E-state index contributed by atoms with van der Waals surface area (Å²) in [5.74, 6) is -3.38. The second-order valence-corrected chi connectivity index (χ2v) is 8.63. The summed E-state index contributed by atoms with van der Waals surface area (Å²) in [7, 11) is 0. The molecule has 0 aliphatic rings. The lowest BCUT2D eigenvalue weighted by Gasteiger charge is -2.35. The highest BCUT2D eigenvalue weighted by molar-refractivity contribution is 5.95. The van der Waals surface area contributed by atoms with Crippen LogP contribution in [0, 0.1) is 34.0 Å². The van der Waals surface area contributed by atoms with E-state index in [4.69, 9.17) is 4.74 Å². The predicted octanol–water partition coefficient (Wildman–Crippen LogP) is 3.94. The largest absolute Gasteiger partial charge is 0.462 e. The Morgan fingerprint density at radius 2 is 1.68 bits per heavy atom. The van der Waals surface area contributed by atoms with Gasteiger partial charge in [0.25, 0.3) is 0 Å². The standard InChI is InChI=1S/C22H29N3O3/c1-7-28-20(27)17-11-9-8-10-16(17)18(15(12-23)13-24)19(26)25-22(5,6)14-21(2,3)4/h8-11,15,18H,7,14H2,1-6H3,(H,25,26). The first-order valence-corrected chi connectivity index (χ1v) is 9.33. The number of hydrogen-bond acceptors (Lipinski definition) is 5. The summed E-state index contributed by atoms with van der Waals surface area (Å²) in [6, 6.07) is 10.2. The SMILES string of the molecule is CCOC(=O)c1ccccc1C(C(=O)NC(C)(C)CC(C)(C)C)C(C#N)C#N. The van der Waals surface area contributed by atoms with Gasteiger partial charge in [0.1, 0.15) is 5.92 Å². The normalized spacial score (nSPS) is 12.6. The molecule has 0 saturated heterocycles. The second kappa shape index (κ2) is 9.37. The Kier molecular flexibility index (Phi) is 7.76. The fraction of sp³-hybridized carbons (Fsp3) is 0.545. The number of nitrogens with one attached hydrogen (secondary N) is 1. The molecule has 1 aromatic rings. The van der Waals surface area contributed by atoms with E-state index in [2.05, 4.69) is 26.1 Å². The molecule has 1 aromatic carbocycles. The maximum atomic E-state index is 13.2. The van der Waals surface area contributed by atoms with Gasteiger partial charge in [-0.3, -0.25) is 4.79 Å². The van der Waals surface area contributed by atoms with E-state index in [1.54, 1.807) is 31.2 Å². The Balaban J connectivity index is 3.37. The fourth-order valence-corrected chi connectivity index (χ4v) is 3.59. The van der Waals surface area contributed by atoms with Crippen molar-refractivity contribution in [2.75, 3.05) is 6.61 Å². The van der Waals surface area contributed by atoms with Crippen molar-refractivity contribution in [1.29, 1.82) is 10.5 Å². The van der Waals surface area contributed by atoms with Crippen LogP contribution >= 0.6 is 0 Å². The topological polar surface area (TPSA) is 103 Å². The first-order valence-electron chi connectivity index (χ1n) is 9.33. The van der Waals surface area contributed by atoms with Crippen molar-refractivity contribution in [2.45, 2.75) is 59.4 Å². The van der Waals surface area contributed by atoms with Crippen molar-refractivity contribution in [3.63, 3.8) is 0 Å². The van der Waals surface area contributed by atoms with Gasteiger partial charge in [-0.05, 0) is 44.2 Å². The van der Waals surface area contributed by atoms with E-state index < -0.39 is 29.3 Å². The van der Waals surface area contributed by atoms with Gasteiger partial charge in [-0.15, -0.1) is 0 Å². The van der Waals surface area contributed by atoms with Crippen LogP contribution in [0.25, 0.3) is 0 Å². The lowest BCUT2D eigenvalue weighted by Crippen LogP contribution is -2.48. The Morgan fingerprint density at radius 3 is 2.18 bits per heavy atom. The number of esters is 1. The molecule has 0 heterocycles. The van der Waals surface area contributed by atoms with Gasteiger partial charge in [0.15, 0.2) is 0 Å². The van der Waals surface area contributed by atoms with Crippen LogP contribution in [0.3, 0.4) is 0 Å². The number of ether oxygens (including phenoxy) is 1. The molecule has 0 aliphatic heterocycles. The molecule has 0 spiro atoms. The first kappa shape index (κ1) is 23.2. The minimum absolute atomic E-state index is 0.0288. The molecule has 0 saturated carbocycles. The first-order chi connectivity index (χ1) is 13.0. The summed E-state index contributed by atoms with van der Waals surface area (Å²) >= 11 is 0. The average molecular weight is 383 g/mol. The highest BCUT2D eigenvalue weighted by atomic mass is 16.5. The Labute approximate surface area is 167 Å². The molecule has 1 amide bonds. The van der Waals surface area contributed by atoms with Crippen LogP contribution in [-0.4, -0.2) is 24.0 Å². The molecule has 1 rings (SSSR count). The summed E-state index contributed by atoms with van der Waals surface area (Å²) in [6.07, 6.45) is 0.696. The van der Waals surface area contributed by atoms with E-state index in [9.17, 15) is 20.1 Å². The number of nitriles is 2. The minimum atomic E-state index is -1.24. The van der Waals surface area contributed by atoms with Gasteiger partial charge < -0.3 is 10.1 Å². The van der Waals surface area contributed by atoms with Crippen molar-refractivity contribution < 1.29 is 14.3 Å². The van der Waals surface area contributed by atoms with E-state index in [-0.39, 0.29) is 17.6 Å². The van der Waals surface area contributed by atoms with Crippen LogP contribution in [0.4, 0.5) is 0 Å². The molecule has 28 heavy (non-hydrogen) atoms. The number of rotatable bonds is 7. The van der Waals surface area contributed by atoms with Crippen LogP contribution in [0.5, 0.6) is 0 Å². The monoisotopic (exact) mass is 383 g/mol. The smallest absolute Gasteiger partial charge is 0.338 e. The number of carbonyl (C=O) groups is 2. The summed E-state index contributed by atoms with van der Waals surface area (Å²) in [5, 5.41) is 21.9. The minimum Gasteiger partial charge on any atom is -0.462 e. The third kappa shape index (κ3) is 6.39. The van der Waals surface area contributed by atoms with Crippen LogP contribution in [0.1, 0.15) is 69.8 Å². The van der Waals surface area contributed by atoms with E-state index in [0.717, 1.165) is 0 Å². The number of benzene rings is 1. The quantitative estimate of drug-likeness (QED) is 0.718. The Morgan fingerprint density at radius 1 is 1.11 bits per heavy atom. The molecular weight excluding hydrogens is 354 g/mol. The zero-order valence-electron chi connectivity index (χ0n) is 17.5. The molecule has 6 nitrogen and oxygen atoms in total. The van der Waals surface area contributed by atoms with Gasteiger partial charge in [-0.2, -0.15) is 10.5 Å². The summed E-state index contributed by atoms with van der Waals surface area (Å²) in [5.41, 5.74) is -0.0762. The molecule has 150 valence electrons. The summed E-state index contributed by atoms with van der Waals surface area (Å²) in [4.78, 5) is 25.5. The molecule has 0 fully saturated rings. The van der Waals surface area contributed by atoms with Crippen LogP contribution in [-0.2, 0) is 9.53 Å². The third-order valence-corrected chi connectivity index (χ3v) is 4.12. The zero-order chi connectivity index (χ0) is 21.5. The molecule has 0 aromatic heterocycles. The molecule has 0 bridgehead atoms. The molecule has 1 unspecified atom stereocenters. The number of hydrogen-bond donors (Lipinski definition) is 1. The Hall–Kier alpha value is -2.86. The maximum Gasteiger partial charge on any atom is 0.338 e. The van der Waals surface area contributed by atoms with Crippen molar-refractivity contribution in [3.8, 4) is 12.1 Å². The van der Waals surface area contributed by atoms with E-state index >= 15 is 0 Å². The average Bonchev–Trinajstić information content (AvgIpc) is 2.57. The highest BCUT2D eigenvalue weighted by Gasteiger charge is 2.37. The van der Waals surface area contributed by atoms with Gasteiger partial charge in [-0.25, -0.2) is 4.79 Å². The van der Waals surface area contributed by atoms with Crippen molar-refractivity contribution in [1.82, 2.24) is 5.32 Å². The maximum absolute atomic E-state index is 13.2. The number of amides is 1. The summed E-state index contributed by atoms with van der Waals surface area (Å²) in [6.45, 7) is 11.9. The predicted molar refractivity (Wildman–Crippen MR) is 106 cm³/mol. The number of nitrogens with zero attached hydrogens (tertiary/aromatic N) is 2. The van der Waals surface area contributed by atoms with E-state index in [1.807, 2.05) is 26.0 Å². The van der Waals surface area contributed by atoms with Crippen molar-refractivity contribution in [3.05, 3.63) is 35.4 Å².